The molecule has 0 aliphatic heterocycles. The fourth-order valence-corrected chi connectivity index (χ4v) is 1.47. The number of ketones is 1. The van der Waals surface area contributed by atoms with Crippen LogP contribution in [0.4, 0.5) is 13.2 Å². The molecule has 1 aromatic carbocycles. The zero-order valence-corrected chi connectivity index (χ0v) is 9.23. The molecule has 0 saturated heterocycles. The average molecular weight is 281 g/mol. The lowest BCUT2D eigenvalue weighted by Gasteiger charge is -2.04. The quantitative estimate of drug-likeness (QED) is 0.607. The van der Waals surface area contributed by atoms with E-state index in [0.29, 0.717) is 5.33 Å². The number of hydrogen-bond acceptors (Lipinski definition) is 1. The van der Waals surface area contributed by atoms with Crippen molar-refractivity contribution in [3.8, 4) is 0 Å². The summed E-state index contributed by atoms with van der Waals surface area (Å²) in [7, 11) is 0. The SMILES string of the molecule is O=C(CCBr)c1ccc(C(F)F)c(F)c1. The Morgan fingerprint density at radius 3 is 2.53 bits per heavy atom. The lowest BCUT2D eigenvalue weighted by molar-refractivity contribution is 0.0988. The van der Waals surface area contributed by atoms with Crippen LogP contribution in [0.2, 0.25) is 0 Å². The van der Waals surface area contributed by atoms with Gasteiger partial charge in [-0.25, -0.2) is 13.2 Å². The van der Waals surface area contributed by atoms with Crippen LogP contribution in [-0.4, -0.2) is 11.1 Å². The van der Waals surface area contributed by atoms with E-state index in [2.05, 4.69) is 15.9 Å². The minimum absolute atomic E-state index is 0.122. The first kappa shape index (κ1) is 12.2. The molecule has 15 heavy (non-hydrogen) atoms. The summed E-state index contributed by atoms with van der Waals surface area (Å²) in [6.45, 7) is 0. The van der Waals surface area contributed by atoms with Gasteiger partial charge >= 0.3 is 0 Å². The summed E-state index contributed by atoms with van der Waals surface area (Å²) in [5.41, 5.74) is -0.554. The highest BCUT2D eigenvalue weighted by Gasteiger charge is 2.15. The second-order valence-corrected chi connectivity index (χ2v) is 3.69. The molecule has 0 aliphatic carbocycles. The minimum Gasteiger partial charge on any atom is -0.294 e. The van der Waals surface area contributed by atoms with Crippen LogP contribution in [0.25, 0.3) is 0 Å². The molecule has 82 valence electrons. The van der Waals surface area contributed by atoms with Crippen molar-refractivity contribution < 1.29 is 18.0 Å². The first-order valence-electron chi connectivity index (χ1n) is 4.23. The third kappa shape index (κ3) is 3.06. The first-order chi connectivity index (χ1) is 7.06. The van der Waals surface area contributed by atoms with Crippen LogP contribution in [0.1, 0.15) is 28.8 Å². The molecule has 0 saturated carbocycles. The van der Waals surface area contributed by atoms with E-state index < -0.39 is 17.8 Å². The monoisotopic (exact) mass is 280 g/mol. The molecule has 0 amide bonds. The topological polar surface area (TPSA) is 17.1 Å². The molecule has 0 atom stereocenters. The number of benzene rings is 1. The Bertz CT molecular complexity index is 366. The zero-order chi connectivity index (χ0) is 11.4. The van der Waals surface area contributed by atoms with Gasteiger partial charge < -0.3 is 0 Å². The lowest BCUT2D eigenvalue weighted by atomic mass is 10.1. The van der Waals surface area contributed by atoms with Gasteiger partial charge in [-0.05, 0) is 12.1 Å². The van der Waals surface area contributed by atoms with Crippen molar-refractivity contribution in [2.45, 2.75) is 12.8 Å². The molecule has 0 heterocycles. The van der Waals surface area contributed by atoms with Crippen LogP contribution in [-0.2, 0) is 0 Å². The highest BCUT2D eigenvalue weighted by molar-refractivity contribution is 9.09. The van der Waals surface area contributed by atoms with Gasteiger partial charge in [-0.15, -0.1) is 0 Å². The predicted molar refractivity (Wildman–Crippen MR) is 54.1 cm³/mol. The van der Waals surface area contributed by atoms with Gasteiger partial charge in [0, 0.05) is 17.3 Å². The normalized spacial score (nSPS) is 10.7. The smallest absolute Gasteiger partial charge is 0.266 e. The second-order valence-electron chi connectivity index (χ2n) is 2.90. The third-order valence-corrected chi connectivity index (χ3v) is 2.28. The molecule has 0 bridgehead atoms. The summed E-state index contributed by atoms with van der Waals surface area (Å²) in [6, 6.07) is 3.02. The molecule has 5 heteroatoms. The van der Waals surface area contributed by atoms with Gasteiger partial charge in [0.05, 0.1) is 5.56 Å². The van der Waals surface area contributed by atoms with Crippen molar-refractivity contribution in [1.29, 1.82) is 0 Å². The van der Waals surface area contributed by atoms with Crippen molar-refractivity contribution in [2.75, 3.05) is 5.33 Å². The highest BCUT2D eigenvalue weighted by Crippen LogP contribution is 2.23. The van der Waals surface area contributed by atoms with Gasteiger partial charge in [-0.2, -0.15) is 0 Å². The molecule has 1 aromatic rings. The van der Waals surface area contributed by atoms with Crippen molar-refractivity contribution in [3.05, 3.63) is 35.1 Å². The van der Waals surface area contributed by atoms with Crippen LogP contribution in [0, 0.1) is 5.82 Å². The zero-order valence-electron chi connectivity index (χ0n) is 7.64. The van der Waals surface area contributed by atoms with Gasteiger partial charge in [0.15, 0.2) is 5.78 Å². The van der Waals surface area contributed by atoms with E-state index in [1.165, 1.54) is 6.07 Å². The second kappa shape index (κ2) is 5.30. The van der Waals surface area contributed by atoms with Gasteiger partial charge in [0.2, 0.25) is 0 Å². The molecular formula is C10H8BrF3O. The molecule has 0 aliphatic rings. The summed E-state index contributed by atoms with van der Waals surface area (Å²) in [5, 5.41) is 0.462. The Balaban J connectivity index is 2.96. The van der Waals surface area contributed by atoms with E-state index in [4.69, 9.17) is 0 Å². The molecule has 0 fully saturated rings. The predicted octanol–water partition coefficient (Wildman–Crippen LogP) is 3.73. The number of halogens is 4. The largest absolute Gasteiger partial charge is 0.294 e. The fraction of sp³-hybridized carbons (Fsp3) is 0.300. The Hall–Kier alpha value is -0.840. The van der Waals surface area contributed by atoms with Crippen LogP contribution in [0.5, 0.6) is 0 Å². The van der Waals surface area contributed by atoms with Crippen molar-refractivity contribution >= 4 is 21.7 Å². The Labute approximate surface area is 93.4 Å². The minimum atomic E-state index is -2.86. The molecule has 1 nitrogen and oxygen atoms in total. The first-order valence-corrected chi connectivity index (χ1v) is 5.35. The Morgan fingerprint density at radius 1 is 1.40 bits per heavy atom. The van der Waals surface area contributed by atoms with Crippen molar-refractivity contribution in [3.63, 3.8) is 0 Å². The van der Waals surface area contributed by atoms with Gasteiger partial charge in [-0.3, -0.25) is 4.79 Å². The maximum atomic E-state index is 13.1. The molecule has 0 unspecified atom stereocenters. The summed E-state index contributed by atoms with van der Waals surface area (Å²) >= 11 is 3.07. The Morgan fingerprint density at radius 2 is 2.07 bits per heavy atom. The maximum absolute atomic E-state index is 13.1. The van der Waals surface area contributed by atoms with Crippen LogP contribution >= 0.6 is 15.9 Å². The standard InChI is InChI=1S/C10H8BrF3O/c11-4-3-9(15)6-1-2-7(10(13)14)8(12)5-6/h1-2,5,10H,3-4H2. The van der Waals surface area contributed by atoms with Crippen molar-refractivity contribution in [1.82, 2.24) is 0 Å². The van der Waals surface area contributed by atoms with Gasteiger partial charge in [-0.1, -0.05) is 22.0 Å². The van der Waals surface area contributed by atoms with E-state index in [1.807, 2.05) is 0 Å². The summed E-state index contributed by atoms with van der Waals surface area (Å²) in [5.74, 6) is -1.31. The summed E-state index contributed by atoms with van der Waals surface area (Å²) < 4.78 is 37.4. The summed E-state index contributed by atoms with van der Waals surface area (Å²) in [6.07, 6.45) is -2.64. The molecule has 1 rings (SSSR count). The number of alkyl halides is 3. The van der Waals surface area contributed by atoms with E-state index in [9.17, 15) is 18.0 Å². The summed E-state index contributed by atoms with van der Waals surface area (Å²) in [4.78, 5) is 11.3. The van der Waals surface area contributed by atoms with E-state index in [1.54, 1.807) is 0 Å². The average Bonchev–Trinajstić information content (AvgIpc) is 2.17. The number of carbonyl (C=O) groups is 1. The Kier molecular flexibility index (Phi) is 4.32. The number of Topliss-reactive ketones (excluding diaryl/α,β-unsaturated/α-hetero) is 1. The molecule has 0 N–H and O–H groups in total. The van der Waals surface area contributed by atoms with Crippen LogP contribution in [0.3, 0.4) is 0 Å². The van der Waals surface area contributed by atoms with Gasteiger partial charge in [0.25, 0.3) is 6.43 Å². The van der Waals surface area contributed by atoms with E-state index >= 15 is 0 Å². The third-order valence-electron chi connectivity index (χ3n) is 1.88. The fourth-order valence-electron chi connectivity index (χ4n) is 1.11. The van der Waals surface area contributed by atoms with Crippen LogP contribution in [0.15, 0.2) is 18.2 Å². The number of carbonyl (C=O) groups excluding carboxylic acids is 1. The van der Waals surface area contributed by atoms with Crippen molar-refractivity contribution in [2.24, 2.45) is 0 Å². The molecule has 0 aromatic heterocycles. The maximum Gasteiger partial charge on any atom is 0.266 e. The van der Waals surface area contributed by atoms with Gasteiger partial charge in [0.1, 0.15) is 5.82 Å². The highest BCUT2D eigenvalue weighted by atomic mass is 79.9. The number of hydrogen-bond donors (Lipinski definition) is 0. The lowest BCUT2D eigenvalue weighted by Crippen LogP contribution is -2.01. The molecular weight excluding hydrogens is 273 g/mol. The van der Waals surface area contributed by atoms with E-state index in [0.717, 1.165) is 12.1 Å². The number of rotatable bonds is 4. The van der Waals surface area contributed by atoms with Crippen LogP contribution < -0.4 is 0 Å². The van der Waals surface area contributed by atoms with E-state index in [-0.39, 0.29) is 17.8 Å². The molecule has 0 spiro atoms. The molecule has 0 radical (unpaired) electrons.